The number of nitrogens with zero attached hydrogens (tertiary/aromatic N) is 3. The summed E-state index contributed by atoms with van der Waals surface area (Å²) in [5.74, 6) is -0.856. The van der Waals surface area contributed by atoms with E-state index in [1.165, 1.54) is 16.4 Å². The molecule has 4 heterocycles. The first kappa shape index (κ1) is 19.0. The van der Waals surface area contributed by atoms with Crippen LogP contribution in [-0.4, -0.2) is 73.9 Å². The van der Waals surface area contributed by atoms with E-state index in [2.05, 4.69) is 5.16 Å². The van der Waals surface area contributed by atoms with E-state index in [0.29, 0.717) is 63.2 Å². The van der Waals surface area contributed by atoms with Gasteiger partial charge in [0.1, 0.15) is 0 Å². The van der Waals surface area contributed by atoms with Crippen molar-refractivity contribution in [3.8, 4) is 0 Å². The summed E-state index contributed by atoms with van der Waals surface area (Å²) >= 11 is 0. The van der Waals surface area contributed by atoms with Gasteiger partial charge in [0.15, 0.2) is 17.1 Å². The Kier molecular flexibility index (Phi) is 4.61. The number of aromatic nitrogens is 1. The molecule has 3 saturated heterocycles. The third kappa shape index (κ3) is 3.24. The molecule has 0 aliphatic carbocycles. The fraction of sp³-hybridized carbons (Fsp3) is 0.579. The Morgan fingerprint density at radius 2 is 1.72 bits per heavy atom. The topological polar surface area (TPSA) is 102 Å². The van der Waals surface area contributed by atoms with Gasteiger partial charge in [-0.1, -0.05) is 5.16 Å². The highest BCUT2D eigenvalue weighted by Crippen LogP contribution is 2.34. The number of hydrogen-bond donors (Lipinski definition) is 0. The number of amides is 1. The van der Waals surface area contributed by atoms with Gasteiger partial charge in [-0.25, -0.2) is 8.42 Å². The number of carbonyl (C=O) groups excluding carboxylic acids is 1. The Labute approximate surface area is 168 Å². The van der Waals surface area contributed by atoms with Crippen molar-refractivity contribution < 1.29 is 27.2 Å². The molecule has 0 atom stereocenters. The van der Waals surface area contributed by atoms with Gasteiger partial charge < -0.3 is 18.9 Å². The molecule has 156 valence electrons. The number of rotatable bonds is 3. The normalized spacial score (nSPS) is 22.7. The predicted octanol–water partition coefficient (Wildman–Crippen LogP) is 1.59. The van der Waals surface area contributed by atoms with E-state index in [9.17, 15) is 13.2 Å². The van der Waals surface area contributed by atoms with Gasteiger partial charge in [0.2, 0.25) is 10.0 Å². The summed E-state index contributed by atoms with van der Waals surface area (Å²) in [6, 6.07) is 4.56. The summed E-state index contributed by atoms with van der Waals surface area (Å²) in [7, 11) is -3.71. The molecule has 3 aliphatic heterocycles. The van der Waals surface area contributed by atoms with Crippen molar-refractivity contribution in [2.24, 2.45) is 0 Å². The SMILES string of the molecule is O=C(c1noc2ccc(S(=O)(=O)N3CCC4(CC3)OCCO4)cc12)N1CCCC1. The highest BCUT2D eigenvalue weighted by molar-refractivity contribution is 7.89. The minimum Gasteiger partial charge on any atom is -0.355 e. The second kappa shape index (κ2) is 7.05. The molecule has 0 unspecified atom stereocenters. The average molecular weight is 421 g/mol. The van der Waals surface area contributed by atoms with E-state index in [0.717, 1.165) is 12.8 Å². The van der Waals surface area contributed by atoms with Crippen LogP contribution in [0.5, 0.6) is 0 Å². The summed E-state index contributed by atoms with van der Waals surface area (Å²) in [4.78, 5) is 14.6. The molecule has 1 amide bonds. The predicted molar refractivity (Wildman–Crippen MR) is 102 cm³/mol. The quantitative estimate of drug-likeness (QED) is 0.742. The average Bonchev–Trinajstić information content (AvgIpc) is 3.48. The molecule has 0 saturated carbocycles. The van der Waals surface area contributed by atoms with E-state index in [-0.39, 0.29) is 16.5 Å². The van der Waals surface area contributed by atoms with Gasteiger partial charge in [0.25, 0.3) is 5.91 Å². The molecule has 3 aliphatic rings. The van der Waals surface area contributed by atoms with E-state index < -0.39 is 15.8 Å². The molecular formula is C19H23N3O6S. The molecule has 1 aromatic heterocycles. The number of benzene rings is 1. The number of carbonyl (C=O) groups is 1. The van der Waals surface area contributed by atoms with E-state index >= 15 is 0 Å². The fourth-order valence-electron chi connectivity index (χ4n) is 4.30. The zero-order chi connectivity index (χ0) is 20.1. The number of sulfonamides is 1. The van der Waals surface area contributed by atoms with Crippen LogP contribution in [0, 0.1) is 0 Å². The minimum atomic E-state index is -3.71. The molecule has 0 radical (unpaired) electrons. The van der Waals surface area contributed by atoms with Crippen LogP contribution >= 0.6 is 0 Å². The lowest BCUT2D eigenvalue weighted by molar-refractivity contribution is -0.179. The number of fused-ring (bicyclic) bond motifs is 1. The summed E-state index contributed by atoms with van der Waals surface area (Å²) < 4.78 is 44.5. The lowest BCUT2D eigenvalue weighted by atomic mass is 10.1. The number of piperidine rings is 1. The molecule has 9 nitrogen and oxygen atoms in total. The first-order chi connectivity index (χ1) is 14.0. The molecule has 0 bridgehead atoms. The van der Waals surface area contributed by atoms with Gasteiger partial charge in [-0.15, -0.1) is 0 Å². The molecule has 10 heteroatoms. The Balaban J connectivity index is 1.42. The molecule has 5 rings (SSSR count). The zero-order valence-corrected chi connectivity index (χ0v) is 16.8. The van der Waals surface area contributed by atoms with Crippen LogP contribution < -0.4 is 0 Å². The van der Waals surface area contributed by atoms with Crippen LogP contribution in [0.25, 0.3) is 11.0 Å². The summed E-state index contributed by atoms with van der Waals surface area (Å²) in [6.45, 7) is 3.11. The second-order valence-corrected chi connectivity index (χ2v) is 9.64. The minimum absolute atomic E-state index is 0.132. The Bertz CT molecular complexity index is 1030. The molecule has 1 spiro atoms. The standard InChI is InChI=1S/C19H23N3O6S/c23-18(21-7-1-2-8-21)17-15-13-14(3-4-16(15)28-20-17)29(24,25)22-9-5-19(6-10-22)26-11-12-27-19/h3-4,13H,1-2,5-12H2. The van der Waals surface area contributed by atoms with Gasteiger partial charge in [-0.3, -0.25) is 4.79 Å². The van der Waals surface area contributed by atoms with Crippen molar-refractivity contribution in [3.63, 3.8) is 0 Å². The van der Waals surface area contributed by atoms with Crippen LogP contribution in [0.3, 0.4) is 0 Å². The molecule has 0 N–H and O–H groups in total. The van der Waals surface area contributed by atoms with Crippen LogP contribution in [-0.2, 0) is 19.5 Å². The van der Waals surface area contributed by atoms with Gasteiger partial charge in [-0.05, 0) is 31.0 Å². The van der Waals surface area contributed by atoms with Crippen LogP contribution in [0.4, 0.5) is 0 Å². The van der Waals surface area contributed by atoms with E-state index in [1.54, 1.807) is 11.0 Å². The highest BCUT2D eigenvalue weighted by atomic mass is 32.2. The van der Waals surface area contributed by atoms with Crippen LogP contribution in [0.15, 0.2) is 27.6 Å². The molecule has 29 heavy (non-hydrogen) atoms. The van der Waals surface area contributed by atoms with Gasteiger partial charge in [0, 0.05) is 39.0 Å². The summed E-state index contributed by atoms with van der Waals surface area (Å²) in [5.41, 5.74) is 0.571. The first-order valence-electron chi connectivity index (χ1n) is 9.95. The van der Waals surface area contributed by atoms with Crippen molar-refractivity contribution in [3.05, 3.63) is 23.9 Å². The van der Waals surface area contributed by atoms with Crippen molar-refractivity contribution in [2.45, 2.75) is 36.4 Å². The third-order valence-electron chi connectivity index (χ3n) is 5.97. The second-order valence-electron chi connectivity index (χ2n) is 7.70. The number of likely N-dealkylation sites (tertiary alicyclic amines) is 1. The molecule has 2 aromatic rings. The van der Waals surface area contributed by atoms with Gasteiger partial charge >= 0.3 is 0 Å². The Hall–Kier alpha value is -2.01. The van der Waals surface area contributed by atoms with Crippen LogP contribution in [0.2, 0.25) is 0 Å². The number of ether oxygens (including phenoxy) is 2. The lowest BCUT2D eigenvalue weighted by Crippen LogP contribution is -2.47. The van der Waals surface area contributed by atoms with Gasteiger partial charge in [0.05, 0.1) is 23.5 Å². The van der Waals surface area contributed by atoms with E-state index in [1.807, 2.05) is 0 Å². The maximum Gasteiger partial charge on any atom is 0.276 e. The summed E-state index contributed by atoms with van der Waals surface area (Å²) in [5, 5.41) is 4.35. The van der Waals surface area contributed by atoms with Crippen molar-refractivity contribution in [1.29, 1.82) is 0 Å². The smallest absolute Gasteiger partial charge is 0.276 e. The lowest BCUT2D eigenvalue weighted by Gasteiger charge is -2.36. The third-order valence-corrected chi connectivity index (χ3v) is 7.87. The zero-order valence-electron chi connectivity index (χ0n) is 16.0. The first-order valence-corrected chi connectivity index (χ1v) is 11.4. The molecule has 3 fully saturated rings. The highest BCUT2D eigenvalue weighted by Gasteiger charge is 2.42. The maximum atomic E-state index is 13.2. The monoisotopic (exact) mass is 421 g/mol. The largest absolute Gasteiger partial charge is 0.355 e. The van der Waals surface area contributed by atoms with Gasteiger partial charge in [-0.2, -0.15) is 4.31 Å². The molecule has 1 aromatic carbocycles. The Morgan fingerprint density at radius 1 is 1.03 bits per heavy atom. The molecular weight excluding hydrogens is 398 g/mol. The van der Waals surface area contributed by atoms with Crippen molar-refractivity contribution in [2.75, 3.05) is 39.4 Å². The Morgan fingerprint density at radius 3 is 2.41 bits per heavy atom. The summed E-state index contributed by atoms with van der Waals surface area (Å²) in [6.07, 6.45) is 2.93. The fourth-order valence-corrected chi connectivity index (χ4v) is 5.77. The number of hydrogen-bond acceptors (Lipinski definition) is 7. The maximum absolute atomic E-state index is 13.2. The van der Waals surface area contributed by atoms with Crippen LogP contribution in [0.1, 0.15) is 36.2 Å². The van der Waals surface area contributed by atoms with Crippen molar-refractivity contribution >= 4 is 26.9 Å². The van der Waals surface area contributed by atoms with E-state index in [4.69, 9.17) is 14.0 Å². The van der Waals surface area contributed by atoms with Crippen molar-refractivity contribution in [1.82, 2.24) is 14.4 Å².